The lowest BCUT2D eigenvalue weighted by molar-refractivity contribution is -0.128. The minimum absolute atomic E-state index is 0.0436. The number of carbonyl (C=O) groups is 1. The van der Waals surface area contributed by atoms with E-state index in [4.69, 9.17) is 9.28 Å². The first-order chi connectivity index (χ1) is 15.4. The Hall–Kier alpha value is -2.89. The van der Waals surface area contributed by atoms with Crippen LogP contribution in [-0.2, 0) is 29.1 Å². The summed E-state index contributed by atoms with van der Waals surface area (Å²) in [6.07, 6.45) is 0. The topological polar surface area (TPSA) is 113 Å². The Morgan fingerprint density at radius 1 is 1.28 bits per heavy atom. The summed E-state index contributed by atoms with van der Waals surface area (Å²) in [6, 6.07) is 11.6. The molecular formula is C21H23BBrN5O4. The predicted octanol–water partition coefficient (Wildman–Crippen LogP) is 2.04. The van der Waals surface area contributed by atoms with Gasteiger partial charge in [-0.1, -0.05) is 45.4 Å². The first-order valence-corrected chi connectivity index (χ1v) is 10.9. The minimum Gasteiger partial charge on any atom is -0.423 e. The molecule has 4 rings (SSSR count). The van der Waals surface area contributed by atoms with Crippen LogP contribution in [0.2, 0.25) is 0 Å². The highest BCUT2D eigenvalue weighted by Crippen LogP contribution is 2.22. The van der Waals surface area contributed by atoms with Crippen molar-refractivity contribution in [2.45, 2.75) is 26.6 Å². The molecule has 0 fully saturated rings. The monoisotopic (exact) mass is 499 g/mol. The first-order valence-electron chi connectivity index (χ1n) is 10.1. The van der Waals surface area contributed by atoms with Gasteiger partial charge in [0.05, 0.1) is 19.7 Å². The first kappa shape index (κ1) is 22.3. The Kier molecular flexibility index (Phi) is 6.78. The zero-order valence-corrected chi connectivity index (χ0v) is 19.3. The molecular weight excluding hydrogens is 477 g/mol. The maximum atomic E-state index is 12.7. The quantitative estimate of drug-likeness (QED) is 0.403. The average Bonchev–Trinajstić information content (AvgIpc) is 3.40. The van der Waals surface area contributed by atoms with Crippen molar-refractivity contribution in [2.75, 3.05) is 24.2 Å². The largest absolute Gasteiger partial charge is 0.491 e. The third-order valence-electron chi connectivity index (χ3n) is 5.39. The van der Waals surface area contributed by atoms with Crippen LogP contribution >= 0.6 is 15.9 Å². The molecule has 166 valence electrons. The molecule has 2 aromatic carbocycles. The van der Waals surface area contributed by atoms with E-state index in [1.807, 2.05) is 43.3 Å². The number of aryl methyl sites for hydroxylation is 1. The van der Waals surface area contributed by atoms with Crippen molar-refractivity contribution in [3.63, 3.8) is 0 Å². The molecule has 0 aliphatic carbocycles. The maximum Gasteiger partial charge on any atom is 0.491 e. The van der Waals surface area contributed by atoms with Crippen LogP contribution in [0.25, 0.3) is 0 Å². The van der Waals surface area contributed by atoms with Crippen molar-refractivity contribution in [1.82, 2.24) is 15.2 Å². The summed E-state index contributed by atoms with van der Waals surface area (Å²) in [5, 5.41) is 23.9. The molecule has 1 aliphatic heterocycles. The van der Waals surface area contributed by atoms with Crippen LogP contribution in [0.15, 0.2) is 45.5 Å². The van der Waals surface area contributed by atoms with Crippen LogP contribution in [0.4, 0.5) is 11.5 Å². The zero-order valence-electron chi connectivity index (χ0n) is 17.8. The number of likely N-dealkylation sites (N-methyl/N-ethyl adjacent to an activating group) is 1. The Labute approximate surface area is 194 Å². The molecule has 9 nitrogen and oxygen atoms in total. The van der Waals surface area contributed by atoms with Gasteiger partial charge in [0.25, 0.3) is 0 Å². The molecule has 0 saturated heterocycles. The molecule has 0 spiro atoms. The van der Waals surface area contributed by atoms with Crippen LogP contribution in [0, 0.1) is 6.92 Å². The number of carbonyl (C=O) groups excluding carboxylic acids is 1. The standard InChI is InChI=1S/C21H23BBrN5O4/c1-13-6-7-15(8-18(13)23)24-9-19-21(27-32-26-19)25-10-20(29)28(2)11-14-4-3-5-17-16(14)12-31-22(17)30/h3-8,24,30H,9-12H2,1-2H3,(H,25,27). The summed E-state index contributed by atoms with van der Waals surface area (Å²) in [5.74, 6) is 0.300. The van der Waals surface area contributed by atoms with E-state index in [-0.39, 0.29) is 12.5 Å². The zero-order chi connectivity index (χ0) is 22.7. The molecule has 32 heavy (non-hydrogen) atoms. The maximum absolute atomic E-state index is 12.7. The normalized spacial score (nSPS) is 12.6. The number of fused-ring (bicyclic) bond motifs is 1. The number of nitrogens with one attached hydrogen (secondary N) is 2. The average molecular weight is 500 g/mol. The van der Waals surface area contributed by atoms with Gasteiger partial charge in [0.1, 0.15) is 5.69 Å². The number of halogens is 1. The van der Waals surface area contributed by atoms with Crippen molar-refractivity contribution < 1.29 is 19.1 Å². The van der Waals surface area contributed by atoms with E-state index in [0.717, 1.165) is 32.3 Å². The van der Waals surface area contributed by atoms with Crippen LogP contribution in [0.3, 0.4) is 0 Å². The number of amides is 1. The van der Waals surface area contributed by atoms with Crippen molar-refractivity contribution in [1.29, 1.82) is 0 Å². The van der Waals surface area contributed by atoms with Gasteiger partial charge in [-0.15, -0.1) is 0 Å². The van der Waals surface area contributed by atoms with E-state index in [9.17, 15) is 9.82 Å². The number of anilines is 2. The number of nitrogens with zero attached hydrogens (tertiary/aromatic N) is 3. The summed E-state index contributed by atoms with van der Waals surface area (Å²) in [4.78, 5) is 14.3. The van der Waals surface area contributed by atoms with Gasteiger partial charge in [-0.05, 0) is 46.4 Å². The third kappa shape index (κ3) is 4.95. The summed E-state index contributed by atoms with van der Waals surface area (Å²) >= 11 is 3.52. The molecule has 1 aromatic heterocycles. The lowest BCUT2D eigenvalue weighted by atomic mass is 9.78. The van der Waals surface area contributed by atoms with Gasteiger partial charge in [0.2, 0.25) is 5.91 Å². The van der Waals surface area contributed by atoms with Crippen LogP contribution < -0.4 is 16.1 Å². The van der Waals surface area contributed by atoms with E-state index < -0.39 is 7.12 Å². The Bertz CT molecular complexity index is 1130. The van der Waals surface area contributed by atoms with E-state index in [2.05, 4.69) is 36.9 Å². The van der Waals surface area contributed by atoms with Gasteiger partial charge in [-0.3, -0.25) is 4.79 Å². The highest BCUT2D eigenvalue weighted by Gasteiger charge is 2.29. The van der Waals surface area contributed by atoms with Gasteiger partial charge in [0, 0.05) is 23.8 Å². The summed E-state index contributed by atoms with van der Waals surface area (Å²) in [5.41, 5.74) is 5.29. The van der Waals surface area contributed by atoms with Crippen LogP contribution in [0.5, 0.6) is 0 Å². The number of aromatic nitrogens is 2. The second-order valence-corrected chi connectivity index (χ2v) is 8.48. The lowest BCUT2D eigenvalue weighted by Crippen LogP contribution is -2.33. The molecule has 1 aliphatic rings. The predicted molar refractivity (Wildman–Crippen MR) is 124 cm³/mol. The second kappa shape index (κ2) is 9.72. The van der Waals surface area contributed by atoms with Gasteiger partial charge in [0.15, 0.2) is 5.82 Å². The summed E-state index contributed by atoms with van der Waals surface area (Å²) in [7, 11) is 0.828. The van der Waals surface area contributed by atoms with Gasteiger partial charge in [-0.25, -0.2) is 4.63 Å². The van der Waals surface area contributed by atoms with Crippen LogP contribution in [-0.4, -0.2) is 46.9 Å². The number of hydrogen-bond acceptors (Lipinski definition) is 8. The third-order valence-corrected chi connectivity index (χ3v) is 6.24. The molecule has 0 bridgehead atoms. The Morgan fingerprint density at radius 2 is 2.12 bits per heavy atom. The minimum atomic E-state index is -0.902. The molecule has 0 radical (unpaired) electrons. The molecule has 0 unspecified atom stereocenters. The SMILES string of the molecule is Cc1ccc(NCc2nonc2NCC(=O)N(C)Cc2cccc3c2COB3O)cc1Br. The smallest absolute Gasteiger partial charge is 0.423 e. The van der Waals surface area contributed by atoms with Gasteiger partial charge in [-0.2, -0.15) is 0 Å². The van der Waals surface area contributed by atoms with Crippen molar-refractivity contribution in [3.05, 3.63) is 63.3 Å². The molecule has 2 heterocycles. The second-order valence-electron chi connectivity index (χ2n) is 7.63. The van der Waals surface area contributed by atoms with Gasteiger partial charge >= 0.3 is 7.12 Å². The fraction of sp³-hybridized carbons (Fsp3) is 0.286. The number of hydrogen-bond donors (Lipinski definition) is 3. The van der Waals surface area contributed by atoms with Crippen molar-refractivity contribution in [2.24, 2.45) is 0 Å². The summed E-state index contributed by atoms with van der Waals surface area (Å²) < 4.78 is 11.2. The van der Waals surface area contributed by atoms with Gasteiger partial charge < -0.3 is 25.2 Å². The van der Waals surface area contributed by atoms with Crippen molar-refractivity contribution >= 4 is 45.9 Å². The van der Waals surface area contributed by atoms with Crippen LogP contribution in [0.1, 0.15) is 22.4 Å². The molecule has 3 aromatic rings. The molecule has 3 N–H and O–H groups in total. The van der Waals surface area contributed by atoms with E-state index >= 15 is 0 Å². The van der Waals surface area contributed by atoms with Crippen molar-refractivity contribution in [3.8, 4) is 0 Å². The summed E-state index contributed by atoms with van der Waals surface area (Å²) in [6.45, 7) is 3.21. The van der Waals surface area contributed by atoms with E-state index in [1.54, 1.807) is 11.9 Å². The fourth-order valence-corrected chi connectivity index (χ4v) is 3.82. The molecule has 0 atom stereocenters. The molecule has 11 heteroatoms. The molecule has 0 saturated carbocycles. The number of benzene rings is 2. The highest BCUT2D eigenvalue weighted by molar-refractivity contribution is 9.10. The Morgan fingerprint density at radius 3 is 2.94 bits per heavy atom. The lowest BCUT2D eigenvalue weighted by Gasteiger charge is -2.19. The van der Waals surface area contributed by atoms with E-state index in [0.29, 0.717) is 31.2 Å². The fourth-order valence-electron chi connectivity index (χ4n) is 3.45. The Balaban J connectivity index is 1.32. The van der Waals surface area contributed by atoms with E-state index in [1.165, 1.54) is 0 Å². The number of rotatable bonds is 8. The molecule has 1 amide bonds. The highest BCUT2D eigenvalue weighted by atomic mass is 79.9.